The van der Waals surface area contributed by atoms with Crippen LogP contribution in [0.4, 0.5) is 18.0 Å². The Bertz CT molecular complexity index is 558. The highest BCUT2D eigenvalue weighted by atomic mass is 19.4. The third-order valence-corrected chi connectivity index (χ3v) is 4.23. The minimum atomic E-state index is -4.62. The van der Waals surface area contributed by atoms with Crippen molar-refractivity contribution in [3.05, 3.63) is 35.4 Å². The molecule has 3 N–H and O–H groups in total. The zero-order valence-corrected chi connectivity index (χ0v) is 13.1. The molecular weight excluding hydrogens is 325 g/mol. The van der Waals surface area contributed by atoms with E-state index in [4.69, 9.17) is 5.11 Å². The van der Waals surface area contributed by atoms with Crippen LogP contribution in [0.1, 0.15) is 24.0 Å². The fourth-order valence-electron chi connectivity index (χ4n) is 2.81. The molecule has 2 rings (SSSR count). The number of alkyl halides is 3. The third-order valence-electron chi connectivity index (χ3n) is 4.23. The number of piperidine rings is 1. The van der Waals surface area contributed by atoms with Crippen molar-refractivity contribution in [1.29, 1.82) is 0 Å². The summed E-state index contributed by atoms with van der Waals surface area (Å²) in [5, 5.41) is 21.1. The fourth-order valence-corrected chi connectivity index (χ4v) is 2.81. The van der Waals surface area contributed by atoms with Crippen LogP contribution in [0.5, 0.6) is 0 Å². The summed E-state index contributed by atoms with van der Waals surface area (Å²) < 4.78 is 37.5. The van der Waals surface area contributed by atoms with E-state index in [1.165, 1.54) is 4.90 Å². The van der Waals surface area contributed by atoms with Gasteiger partial charge in [-0.3, -0.25) is 0 Å². The Hall–Kier alpha value is -1.80. The molecule has 1 aliphatic rings. The Labute approximate surface area is 138 Å². The quantitative estimate of drug-likeness (QED) is 0.781. The van der Waals surface area contributed by atoms with Crippen LogP contribution >= 0.6 is 0 Å². The van der Waals surface area contributed by atoms with Crippen LogP contribution in [0, 0.1) is 5.92 Å². The molecule has 1 saturated heterocycles. The standard InChI is InChI=1S/C16H21F3N2O3/c17-16(18,19)14(23)13-4-6-21(7-5-13)15(24)20-9-11-2-1-3-12(8-11)10-22/h1-3,8,13-14,22-23H,4-7,9-10H2,(H,20,24). The third kappa shape index (κ3) is 4.85. The van der Waals surface area contributed by atoms with E-state index in [1.807, 2.05) is 6.07 Å². The first-order valence-electron chi connectivity index (χ1n) is 7.77. The number of aliphatic hydroxyl groups excluding tert-OH is 2. The number of likely N-dealkylation sites (tertiary alicyclic amines) is 1. The maximum absolute atomic E-state index is 12.5. The number of nitrogens with zero attached hydrogens (tertiary/aromatic N) is 1. The number of rotatable bonds is 4. The van der Waals surface area contributed by atoms with Gasteiger partial charge in [-0.1, -0.05) is 24.3 Å². The lowest BCUT2D eigenvalue weighted by atomic mass is 9.91. The summed E-state index contributed by atoms with van der Waals surface area (Å²) >= 11 is 0. The van der Waals surface area contributed by atoms with E-state index in [0.717, 1.165) is 11.1 Å². The molecule has 0 saturated carbocycles. The normalized spacial score (nSPS) is 17.6. The number of hydrogen-bond donors (Lipinski definition) is 3. The number of hydrogen-bond acceptors (Lipinski definition) is 3. The highest BCUT2D eigenvalue weighted by Gasteiger charge is 2.44. The topological polar surface area (TPSA) is 72.8 Å². The average molecular weight is 346 g/mol. The smallest absolute Gasteiger partial charge is 0.392 e. The number of carbonyl (C=O) groups is 1. The Kier molecular flexibility index (Phi) is 6.06. The highest BCUT2D eigenvalue weighted by Crippen LogP contribution is 2.31. The first-order chi connectivity index (χ1) is 11.3. The summed E-state index contributed by atoms with van der Waals surface area (Å²) in [5.74, 6) is -0.865. The first-order valence-corrected chi connectivity index (χ1v) is 7.77. The molecule has 24 heavy (non-hydrogen) atoms. The van der Waals surface area contributed by atoms with Crippen molar-refractivity contribution in [2.75, 3.05) is 13.1 Å². The molecule has 1 aliphatic heterocycles. The number of benzene rings is 1. The van der Waals surface area contributed by atoms with E-state index < -0.39 is 18.2 Å². The molecule has 0 spiro atoms. The van der Waals surface area contributed by atoms with Crippen LogP contribution in [-0.4, -0.2) is 46.5 Å². The summed E-state index contributed by atoms with van der Waals surface area (Å²) in [5.41, 5.74) is 1.57. The van der Waals surface area contributed by atoms with E-state index in [0.29, 0.717) is 0 Å². The van der Waals surface area contributed by atoms with E-state index in [-0.39, 0.29) is 45.1 Å². The molecule has 5 nitrogen and oxygen atoms in total. The predicted molar refractivity (Wildman–Crippen MR) is 81.0 cm³/mol. The van der Waals surface area contributed by atoms with Crippen LogP contribution in [0.25, 0.3) is 0 Å². The van der Waals surface area contributed by atoms with Gasteiger partial charge in [-0.2, -0.15) is 13.2 Å². The molecule has 0 aromatic heterocycles. The molecule has 1 aromatic rings. The number of aliphatic hydroxyl groups is 2. The molecule has 1 heterocycles. The summed E-state index contributed by atoms with van der Waals surface area (Å²) in [4.78, 5) is 13.5. The lowest BCUT2D eigenvalue weighted by molar-refractivity contribution is -0.222. The summed E-state index contributed by atoms with van der Waals surface area (Å²) in [6.07, 6.45) is -6.71. The average Bonchev–Trinajstić information content (AvgIpc) is 2.58. The van der Waals surface area contributed by atoms with E-state index >= 15 is 0 Å². The van der Waals surface area contributed by atoms with Gasteiger partial charge < -0.3 is 20.4 Å². The van der Waals surface area contributed by atoms with Crippen LogP contribution in [-0.2, 0) is 13.2 Å². The maximum atomic E-state index is 12.5. The van der Waals surface area contributed by atoms with E-state index in [9.17, 15) is 23.1 Å². The first kappa shape index (κ1) is 18.5. The zero-order valence-electron chi connectivity index (χ0n) is 13.1. The SMILES string of the molecule is O=C(NCc1cccc(CO)c1)N1CCC(C(O)C(F)(F)F)CC1. The zero-order chi connectivity index (χ0) is 17.7. The number of amides is 2. The largest absolute Gasteiger partial charge is 0.414 e. The van der Waals surface area contributed by atoms with Crippen molar-refractivity contribution in [2.45, 2.75) is 38.3 Å². The predicted octanol–water partition coefficient (Wildman–Crippen LogP) is 2.02. The number of carbonyl (C=O) groups excluding carboxylic acids is 1. The monoisotopic (exact) mass is 346 g/mol. The minimum absolute atomic E-state index is 0.0865. The molecule has 134 valence electrons. The molecule has 0 bridgehead atoms. The fraction of sp³-hybridized carbons (Fsp3) is 0.562. The Morgan fingerprint density at radius 3 is 2.50 bits per heavy atom. The van der Waals surface area contributed by atoms with Crippen molar-refractivity contribution in [3.63, 3.8) is 0 Å². The maximum Gasteiger partial charge on any atom is 0.414 e. The van der Waals surface area contributed by atoms with Gasteiger partial charge in [0, 0.05) is 19.6 Å². The lowest BCUT2D eigenvalue weighted by Gasteiger charge is -2.34. The Morgan fingerprint density at radius 2 is 1.92 bits per heavy atom. The summed E-state index contributed by atoms with van der Waals surface area (Å²) in [6, 6.07) is 6.78. The van der Waals surface area contributed by atoms with Gasteiger partial charge in [-0.25, -0.2) is 4.79 Å². The van der Waals surface area contributed by atoms with E-state index in [2.05, 4.69) is 5.32 Å². The molecule has 1 unspecified atom stereocenters. The van der Waals surface area contributed by atoms with Crippen LogP contribution in [0.15, 0.2) is 24.3 Å². The second-order valence-corrected chi connectivity index (χ2v) is 5.95. The minimum Gasteiger partial charge on any atom is -0.392 e. The molecule has 1 atom stereocenters. The van der Waals surface area contributed by atoms with Crippen LogP contribution < -0.4 is 5.32 Å². The molecule has 8 heteroatoms. The van der Waals surface area contributed by atoms with Gasteiger partial charge in [0.2, 0.25) is 0 Å². The van der Waals surface area contributed by atoms with Gasteiger partial charge in [0.05, 0.1) is 6.61 Å². The molecule has 0 radical (unpaired) electrons. The van der Waals surface area contributed by atoms with Gasteiger partial charge in [-0.05, 0) is 29.9 Å². The van der Waals surface area contributed by atoms with Crippen molar-refractivity contribution in [1.82, 2.24) is 10.2 Å². The van der Waals surface area contributed by atoms with Gasteiger partial charge in [0.15, 0.2) is 6.10 Å². The van der Waals surface area contributed by atoms with Crippen molar-refractivity contribution < 1.29 is 28.2 Å². The molecule has 1 aromatic carbocycles. The van der Waals surface area contributed by atoms with Gasteiger partial charge in [0.25, 0.3) is 0 Å². The van der Waals surface area contributed by atoms with Crippen LogP contribution in [0.3, 0.4) is 0 Å². The number of nitrogens with one attached hydrogen (secondary N) is 1. The highest BCUT2D eigenvalue weighted by molar-refractivity contribution is 5.74. The molecule has 2 amide bonds. The van der Waals surface area contributed by atoms with Gasteiger partial charge in [0.1, 0.15) is 0 Å². The van der Waals surface area contributed by atoms with Crippen molar-refractivity contribution >= 4 is 6.03 Å². The number of urea groups is 1. The summed E-state index contributed by atoms with van der Waals surface area (Å²) in [7, 11) is 0. The molecule has 1 fully saturated rings. The number of halogens is 3. The van der Waals surface area contributed by atoms with Gasteiger partial charge in [-0.15, -0.1) is 0 Å². The van der Waals surface area contributed by atoms with Crippen molar-refractivity contribution in [2.24, 2.45) is 5.92 Å². The second kappa shape index (κ2) is 7.85. The van der Waals surface area contributed by atoms with E-state index in [1.54, 1.807) is 18.2 Å². The Morgan fingerprint density at radius 1 is 1.29 bits per heavy atom. The Balaban J connectivity index is 1.80. The second-order valence-electron chi connectivity index (χ2n) is 5.95. The molecule has 0 aliphatic carbocycles. The van der Waals surface area contributed by atoms with Crippen molar-refractivity contribution in [3.8, 4) is 0 Å². The van der Waals surface area contributed by atoms with Gasteiger partial charge >= 0.3 is 12.2 Å². The molecular formula is C16H21F3N2O3. The lowest BCUT2D eigenvalue weighted by Crippen LogP contribution is -2.48. The summed E-state index contributed by atoms with van der Waals surface area (Å²) in [6.45, 7) is 0.551. The van der Waals surface area contributed by atoms with Crippen LogP contribution in [0.2, 0.25) is 0 Å².